The van der Waals surface area contributed by atoms with Crippen LogP contribution in [0.25, 0.3) is 0 Å². The first-order chi connectivity index (χ1) is 13.8. The third kappa shape index (κ3) is 23.9. The highest BCUT2D eigenvalue weighted by Crippen LogP contribution is 2.14. The minimum absolute atomic E-state index is 0.250. The zero-order chi connectivity index (χ0) is 20.5. The van der Waals surface area contributed by atoms with Crippen LogP contribution in [0.15, 0.2) is 12.7 Å². The molecule has 166 valence electrons. The van der Waals surface area contributed by atoms with Gasteiger partial charge in [0.15, 0.2) is 0 Å². The summed E-state index contributed by atoms with van der Waals surface area (Å²) in [5, 5.41) is 0. The fraction of sp³-hybridized carbons (Fsp3) is 0.875. The molecule has 0 bridgehead atoms. The summed E-state index contributed by atoms with van der Waals surface area (Å²) in [4.78, 5) is 12.2. The van der Waals surface area contributed by atoms with Crippen molar-refractivity contribution >= 4 is 31.4 Å². The molecule has 0 radical (unpaired) electrons. The topological polar surface area (TPSA) is 26.3 Å². The molecule has 4 heteroatoms. The van der Waals surface area contributed by atoms with Crippen molar-refractivity contribution in [1.82, 2.24) is 0 Å². The Morgan fingerprint density at radius 2 is 1.04 bits per heavy atom. The van der Waals surface area contributed by atoms with E-state index in [1.54, 1.807) is 6.04 Å². The first kappa shape index (κ1) is 27.9. The lowest BCUT2D eigenvalue weighted by atomic mass is 10.0. The number of unbranched alkanes of at least 4 members (excludes halogenated alkanes) is 17. The van der Waals surface area contributed by atoms with Gasteiger partial charge in [-0.1, -0.05) is 138 Å². The largest absolute Gasteiger partial charge is 0.463 e. The van der Waals surface area contributed by atoms with Crippen molar-refractivity contribution in [3.05, 3.63) is 12.7 Å². The molecule has 0 heterocycles. The predicted octanol–water partition coefficient (Wildman–Crippen LogP) is 7.68. The predicted molar refractivity (Wildman–Crippen MR) is 131 cm³/mol. The molecule has 0 atom stereocenters. The Bertz CT molecular complexity index is 337. The van der Waals surface area contributed by atoms with Crippen molar-refractivity contribution in [2.75, 3.05) is 11.6 Å². The molecule has 0 aliphatic rings. The number of carbonyl (C=O) groups is 1. The van der Waals surface area contributed by atoms with Crippen LogP contribution in [-0.4, -0.2) is 27.0 Å². The molecule has 0 aromatic heterocycles. The van der Waals surface area contributed by atoms with E-state index in [1.807, 2.05) is 0 Å². The average Bonchev–Trinajstić information content (AvgIpc) is 2.71. The molecule has 0 spiro atoms. The second-order valence-corrected chi connectivity index (χ2v) is 12.3. The van der Waals surface area contributed by atoms with Crippen molar-refractivity contribution in [3.63, 3.8) is 0 Å². The number of carbonyl (C=O) groups excluding carboxylic acids is 1. The van der Waals surface area contributed by atoms with Crippen LogP contribution in [0.2, 0.25) is 6.04 Å². The summed E-state index contributed by atoms with van der Waals surface area (Å²) in [7, 11) is 0.250. The van der Waals surface area contributed by atoms with Gasteiger partial charge in [-0.25, -0.2) is 4.79 Å². The normalized spacial score (nSPS) is 11.3. The number of alkyl halides is 1. The van der Waals surface area contributed by atoms with E-state index in [9.17, 15) is 4.79 Å². The maximum atomic E-state index is 10.9. The fourth-order valence-corrected chi connectivity index (χ4v) is 5.70. The Morgan fingerprint density at radius 3 is 1.39 bits per heavy atom. The molecule has 0 saturated carbocycles. The van der Waals surface area contributed by atoms with Gasteiger partial charge < -0.3 is 4.74 Å². The van der Waals surface area contributed by atoms with Crippen LogP contribution in [0.1, 0.15) is 116 Å². The number of rotatable bonds is 23. The summed E-state index contributed by atoms with van der Waals surface area (Å²) in [6.45, 7) is 3.94. The van der Waals surface area contributed by atoms with Crippen LogP contribution in [0.3, 0.4) is 0 Å². The molecule has 0 unspecified atom stereocenters. The minimum atomic E-state index is -0.298. The smallest absolute Gasteiger partial charge is 0.330 e. The molecular weight excluding hydrogens is 428 g/mol. The van der Waals surface area contributed by atoms with E-state index in [0.29, 0.717) is 6.61 Å². The van der Waals surface area contributed by atoms with Gasteiger partial charge in [-0.15, -0.1) is 0 Å². The molecular formula is C24H47BrO2Si. The molecule has 0 aromatic carbocycles. The quantitative estimate of drug-likeness (QED) is 0.0498. The van der Waals surface area contributed by atoms with Crippen molar-refractivity contribution in [1.29, 1.82) is 0 Å². The van der Waals surface area contributed by atoms with E-state index in [0.717, 1.165) is 6.42 Å². The first-order valence-electron chi connectivity index (χ1n) is 12.2. The zero-order valence-electron chi connectivity index (χ0n) is 18.5. The van der Waals surface area contributed by atoms with E-state index in [4.69, 9.17) is 4.74 Å². The van der Waals surface area contributed by atoms with Crippen LogP contribution < -0.4 is 0 Å². The third-order valence-corrected chi connectivity index (χ3v) is 8.39. The van der Waals surface area contributed by atoms with Gasteiger partial charge in [0.25, 0.3) is 0 Å². The highest BCUT2D eigenvalue weighted by Gasteiger charge is 1.97. The molecule has 0 rings (SSSR count). The Balaban J connectivity index is 3.01. The summed E-state index contributed by atoms with van der Waals surface area (Å²) in [5.41, 5.74) is 0. The lowest BCUT2D eigenvalue weighted by molar-refractivity contribution is -0.137. The van der Waals surface area contributed by atoms with Crippen LogP contribution in [0.4, 0.5) is 0 Å². The standard InChI is InChI=1S/C24H47BrO2Si/c1-2-24(26)27-21-19-17-15-13-11-9-7-5-3-4-6-8-10-12-14-16-18-20-22-28-23-25/h2H,1,3-23,28H2. The molecule has 0 N–H and O–H groups in total. The summed E-state index contributed by atoms with van der Waals surface area (Å²) < 4.78 is 4.97. The number of ether oxygens (including phenoxy) is 1. The number of hydrogen-bond donors (Lipinski definition) is 0. The molecule has 0 aromatic rings. The Kier molecular flexibility index (Phi) is 24.9. The van der Waals surface area contributed by atoms with E-state index < -0.39 is 0 Å². The molecule has 0 fully saturated rings. The maximum absolute atomic E-state index is 10.9. The van der Waals surface area contributed by atoms with Gasteiger partial charge in [-0.3, -0.25) is 0 Å². The molecule has 0 aliphatic heterocycles. The maximum Gasteiger partial charge on any atom is 0.330 e. The van der Waals surface area contributed by atoms with Crippen LogP contribution >= 0.6 is 15.9 Å². The zero-order valence-corrected chi connectivity index (χ0v) is 21.5. The van der Waals surface area contributed by atoms with E-state index >= 15 is 0 Å². The van der Waals surface area contributed by atoms with E-state index in [-0.39, 0.29) is 15.5 Å². The van der Waals surface area contributed by atoms with Gasteiger partial charge in [-0.2, -0.15) is 0 Å². The first-order valence-corrected chi connectivity index (χ1v) is 15.3. The van der Waals surface area contributed by atoms with Crippen molar-refractivity contribution < 1.29 is 9.53 Å². The van der Waals surface area contributed by atoms with Gasteiger partial charge in [-0.05, 0) is 11.4 Å². The van der Waals surface area contributed by atoms with Crippen LogP contribution in [-0.2, 0) is 9.53 Å². The Morgan fingerprint density at radius 1 is 0.679 bits per heavy atom. The van der Waals surface area contributed by atoms with E-state index in [1.165, 1.54) is 120 Å². The van der Waals surface area contributed by atoms with Gasteiger partial charge in [0.05, 0.1) is 6.61 Å². The number of hydrogen-bond acceptors (Lipinski definition) is 2. The minimum Gasteiger partial charge on any atom is -0.463 e. The fourth-order valence-electron chi connectivity index (χ4n) is 3.61. The van der Waals surface area contributed by atoms with Crippen molar-refractivity contribution in [2.24, 2.45) is 0 Å². The summed E-state index contributed by atoms with van der Waals surface area (Å²) in [6.07, 6.45) is 26.2. The van der Waals surface area contributed by atoms with Crippen LogP contribution in [0, 0.1) is 0 Å². The molecule has 0 amide bonds. The van der Waals surface area contributed by atoms with Gasteiger partial charge in [0, 0.05) is 15.6 Å². The highest BCUT2D eigenvalue weighted by molar-refractivity contribution is 9.09. The molecule has 2 nitrogen and oxygen atoms in total. The van der Waals surface area contributed by atoms with Crippen LogP contribution in [0.5, 0.6) is 0 Å². The lowest BCUT2D eigenvalue weighted by Gasteiger charge is -2.04. The monoisotopic (exact) mass is 474 g/mol. The van der Waals surface area contributed by atoms with E-state index in [2.05, 4.69) is 22.5 Å². The summed E-state index contributed by atoms with van der Waals surface area (Å²) in [5.74, 6) is -0.298. The Hall–Kier alpha value is -0.0931. The van der Waals surface area contributed by atoms with Gasteiger partial charge >= 0.3 is 5.97 Å². The van der Waals surface area contributed by atoms with Crippen molar-refractivity contribution in [3.8, 4) is 0 Å². The highest BCUT2D eigenvalue weighted by atomic mass is 79.9. The second-order valence-electron chi connectivity index (χ2n) is 8.13. The average molecular weight is 476 g/mol. The summed E-state index contributed by atoms with van der Waals surface area (Å²) in [6, 6.07) is 1.54. The molecule has 0 aliphatic carbocycles. The van der Waals surface area contributed by atoms with Crippen molar-refractivity contribution in [2.45, 2.75) is 122 Å². The number of esters is 1. The molecule has 28 heavy (non-hydrogen) atoms. The van der Waals surface area contributed by atoms with Gasteiger partial charge in [0.2, 0.25) is 0 Å². The summed E-state index contributed by atoms with van der Waals surface area (Å²) >= 11 is 3.56. The lowest BCUT2D eigenvalue weighted by Crippen LogP contribution is -2.01. The Labute approximate surface area is 186 Å². The number of halogens is 1. The van der Waals surface area contributed by atoms with Gasteiger partial charge in [0.1, 0.15) is 0 Å². The molecule has 0 saturated heterocycles. The second kappa shape index (κ2) is 24.9. The third-order valence-electron chi connectivity index (χ3n) is 5.44. The SMILES string of the molecule is C=CC(=O)OCCCCCCCCCCCCCCCCCCCC[SiH2]CBr.